The van der Waals surface area contributed by atoms with Crippen LogP contribution in [0.3, 0.4) is 0 Å². The second-order valence-corrected chi connectivity index (χ2v) is 6.35. The van der Waals surface area contributed by atoms with Gasteiger partial charge in [0.1, 0.15) is 18.7 Å². The first-order valence-corrected chi connectivity index (χ1v) is 8.98. The fourth-order valence-corrected chi connectivity index (χ4v) is 3.24. The van der Waals surface area contributed by atoms with Crippen LogP contribution in [0.4, 0.5) is 5.69 Å². The Morgan fingerprint density at radius 2 is 2.15 bits per heavy atom. The Kier molecular flexibility index (Phi) is 7.90. The first kappa shape index (κ1) is 20.7. The molecule has 0 bridgehead atoms. The van der Waals surface area contributed by atoms with Crippen LogP contribution in [0.5, 0.6) is 0 Å². The molecule has 1 aliphatic heterocycles. The average Bonchev–Trinajstić information content (AvgIpc) is 2.63. The van der Waals surface area contributed by atoms with Gasteiger partial charge in [0.2, 0.25) is 0 Å². The van der Waals surface area contributed by atoms with E-state index in [0.717, 1.165) is 50.5 Å². The molecule has 6 nitrogen and oxygen atoms in total. The average molecular weight is 400 g/mol. The normalized spacial score (nSPS) is 14.7. The third-order valence-electron chi connectivity index (χ3n) is 4.32. The van der Waals surface area contributed by atoms with Gasteiger partial charge in [-0.15, -0.1) is 0 Å². The number of carbonyl (C=O) groups excluding carboxylic acids is 1. The maximum absolute atomic E-state index is 12.3. The fourth-order valence-electron chi connectivity index (χ4n) is 3.02. The van der Waals surface area contributed by atoms with Crippen molar-refractivity contribution in [1.29, 1.82) is 0 Å². The summed E-state index contributed by atoms with van der Waals surface area (Å²) in [6, 6.07) is 5.57. The summed E-state index contributed by atoms with van der Waals surface area (Å²) in [4.78, 5) is 18.1. The van der Waals surface area contributed by atoms with E-state index in [2.05, 4.69) is 10.3 Å². The van der Waals surface area contributed by atoms with Gasteiger partial charge in [-0.3, -0.25) is 4.98 Å². The first-order chi connectivity index (χ1) is 12.2. The van der Waals surface area contributed by atoms with Gasteiger partial charge in [0.05, 0.1) is 49.1 Å². The SMILES string of the molecule is CCOC(=O)c1cnc2c(Cl)cccc2c1NCC[NH+]1CCOCC1.[Cl-]. The molecule has 0 aliphatic carbocycles. The number of esters is 1. The van der Waals surface area contributed by atoms with Gasteiger partial charge in [-0.25, -0.2) is 4.79 Å². The van der Waals surface area contributed by atoms with Crippen molar-refractivity contribution in [2.75, 3.05) is 51.3 Å². The molecule has 1 fully saturated rings. The predicted octanol–water partition coefficient (Wildman–Crippen LogP) is -1.60. The number of fused-ring (bicyclic) bond motifs is 1. The summed E-state index contributed by atoms with van der Waals surface area (Å²) in [7, 11) is 0. The van der Waals surface area contributed by atoms with E-state index in [0.29, 0.717) is 22.7 Å². The van der Waals surface area contributed by atoms with E-state index in [1.165, 1.54) is 11.1 Å². The van der Waals surface area contributed by atoms with Crippen molar-refractivity contribution < 1.29 is 31.6 Å². The molecule has 2 aromatic rings. The zero-order chi connectivity index (χ0) is 17.6. The molecule has 142 valence electrons. The third-order valence-corrected chi connectivity index (χ3v) is 4.63. The van der Waals surface area contributed by atoms with Gasteiger partial charge in [-0.1, -0.05) is 23.7 Å². The van der Waals surface area contributed by atoms with Crippen molar-refractivity contribution in [3.63, 3.8) is 0 Å². The molecule has 0 radical (unpaired) electrons. The number of hydrogen-bond acceptors (Lipinski definition) is 5. The Labute approximate surface area is 164 Å². The molecule has 0 unspecified atom stereocenters. The van der Waals surface area contributed by atoms with Crippen LogP contribution in [0.25, 0.3) is 10.9 Å². The molecule has 1 aromatic heterocycles. The van der Waals surface area contributed by atoms with Gasteiger partial charge in [0, 0.05) is 11.6 Å². The molecule has 0 saturated carbocycles. The van der Waals surface area contributed by atoms with E-state index in [-0.39, 0.29) is 18.4 Å². The molecule has 1 saturated heterocycles. The molecule has 1 aromatic carbocycles. The van der Waals surface area contributed by atoms with Crippen molar-refractivity contribution in [3.8, 4) is 0 Å². The summed E-state index contributed by atoms with van der Waals surface area (Å²) in [5.74, 6) is -0.377. The van der Waals surface area contributed by atoms with Crippen molar-refractivity contribution in [1.82, 2.24) is 4.98 Å². The molecular weight excluding hydrogens is 377 g/mol. The van der Waals surface area contributed by atoms with Gasteiger partial charge in [-0.2, -0.15) is 0 Å². The number of para-hydroxylation sites is 1. The van der Waals surface area contributed by atoms with Gasteiger partial charge in [0.25, 0.3) is 0 Å². The van der Waals surface area contributed by atoms with E-state index < -0.39 is 0 Å². The molecule has 1 aliphatic rings. The molecule has 2 heterocycles. The zero-order valence-corrected chi connectivity index (χ0v) is 16.2. The maximum atomic E-state index is 12.3. The highest BCUT2D eigenvalue weighted by molar-refractivity contribution is 6.35. The lowest BCUT2D eigenvalue weighted by molar-refractivity contribution is -0.906. The largest absolute Gasteiger partial charge is 1.00 e. The van der Waals surface area contributed by atoms with Crippen molar-refractivity contribution in [3.05, 3.63) is 35.0 Å². The van der Waals surface area contributed by atoms with Crippen LogP contribution in [0.15, 0.2) is 24.4 Å². The number of nitrogens with zero attached hydrogens (tertiary/aromatic N) is 1. The number of hydrogen-bond donors (Lipinski definition) is 2. The van der Waals surface area contributed by atoms with Crippen LogP contribution in [0, 0.1) is 0 Å². The van der Waals surface area contributed by atoms with Crippen LogP contribution in [0.1, 0.15) is 17.3 Å². The number of pyridine rings is 1. The Morgan fingerprint density at radius 3 is 2.88 bits per heavy atom. The number of morpholine rings is 1. The minimum atomic E-state index is -0.377. The smallest absolute Gasteiger partial charge is 0.341 e. The number of nitrogens with one attached hydrogen (secondary N) is 2. The fraction of sp³-hybridized carbons (Fsp3) is 0.444. The number of carbonyl (C=O) groups is 1. The van der Waals surface area contributed by atoms with E-state index in [9.17, 15) is 4.79 Å². The molecule has 0 atom stereocenters. The predicted molar refractivity (Wildman–Crippen MR) is 97.6 cm³/mol. The lowest BCUT2D eigenvalue weighted by atomic mass is 10.1. The summed E-state index contributed by atoms with van der Waals surface area (Å²) in [5.41, 5.74) is 1.85. The highest BCUT2D eigenvalue weighted by atomic mass is 35.5. The lowest BCUT2D eigenvalue weighted by Gasteiger charge is -2.24. The van der Waals surface area contributed by atoms with E-state index >= 15 is 0 Å². The van der Waals surface area contributed by atoms with Crippen LogP contribution in [-0.4, -0.2) is 57.0 Å². The molecule has 3 rings (SSSR count). The second-order valence-electron chi connectivity index (χ2n) is 5.94. The number of benzene rings is 1. The number of halogens is 2. The molecule has 8 heteroatoms. The van der Waals surface area contributed by atoms with Gasteiger partial charge in [-0.05, 0) is 13.0 Å². The maximum Gasteiger partial charge on any atom is 0.341 e. The Balaban J connectivity index is 0.00000243. The van der Waals surface area contributed by atoms with Crippen LogP contribution in [0.2, 0.25) is 5.02 Å². The molecule has 26 heavy (non-hydrogen) atoms. The topological polar surface area (TPSA) is 64.9 Å². The second kappa shape index (κ2) is 9.92. The van der Waals surface area contributed by atoms with Crippen LogP contribution >= 0.6 is 11.6 Å². The third kappa shape index (κ3) is 4.76. The lowest BCUT2D eigenvalue weighted by Crippen LogP contribution is -3.14. The highest BCUT2D eigenvalue weighted by Crippen LogP contribution is 2.30. The summed E-state index contributed by atoms with van der Waals surface area (Å²) >= 11 is 6.25. The van der Waals surface area contributed by atoms with E-state index in [1.807, 2.05) is 12.1 Å². The quantitative estimate of drug-likeness (QED) is 0.572. The van der Waals surface area contributed by atoms with Gasteiger partial charge in [0.15, 0.2) is 0 Å². The van der Waals surface area contributed by atoms with Crippen molar-refractivity contribution >= 4 is 34.2 Å². The number of aromatic nitrogens is 1. The first-order valence-electron chi connectivity index (χ1n) is 8.60. The summed E-state index contributed by atoms with van der Waals surface area (Å²) < 4.78 is 10.6. The minimum absolute atomic E-state index is 0. The number of rotatable bonds is 6. The molecule has 2 N–H and O–H groups in total. The Morgan fingerprint density at radius 1 is 1.38 bits per heavy atom. The van der Waals surface area contributed by atoms with Crippen molar-refractivity contribution in [2.24, 2.45) is 0 Å². The van der Waals surface area contributed by atoms with Gasteiger partial charge >= 0.3 is 5.97 Å². The minimum Gasteiger partial charge on any atom is -1.00 e. The number of anilines is 1. The number of quaternary nitrogens is 1. The van der Waals surface area contributed by atoms with E-state index in [1.54, 1.807) is 13.0 Å². The highest BCUT2D eigenvalue weighted by Gasteiger charge is 2.19. The van der Waals surface area contributed by atoms with Crippen LogP contribution in [-0.2, 0) is 9.47 Å². The summed E-state index contributed by atoms with van der Waals surface area (Å²) in [6.45, 7) is 7.43. The standard InChI is InChI=1S/C18H22ClN3O3.ClH/c1-2-25-18(23)14-12-21-17-13(4-3-5-15(17)19)16(14)20-6-7-22-8-10-24-11-9-22;/h3-5,12H,2,6-11H2,1H3,(H,20,21);1H. The molecule has 0 spiro atoms. The number of ether oxygens (including phenoxy) is 2. The Hall–Kier alpha value is -1.60. The molecule has 0 amide bonds. The Bertz CT molecular complexity index is 752. The van der Waals surface area contributed by atoms with Crippen molar-refractivity contribution in [2.45, 2.75) is 6.92 Å². The van der Waals surface area contributed by atoms with Crippen LogP contribution < -0.4 is 22.6 Å². The molecular formula is C18H23Cl2N3O3. The summed E-state index contributed by atoms with van der Waals surface area (Å²) in [5, 5.41) is 4.80. The van der Waals surface area contributed by atoms with E-state index in [4.69, 9.17) is 21.1 Å². The monoisotopic (exact) mass is 399 g/mol. The van der Waals surface area contributed by atoms with Gasteiger partial charge < -0.3 is 32.1 Å². The summed E-state index contributed by atoms with van der Waals surface area (Å²) in [6.07, 6.45) is 1.54. The zero-order valence-electron chi connectivity index (χ0n) is 14.7.